The molecule has 0 bridgehead atoms. The molecule has 1 rings (SSSR count). The van der Waals surface area contributed by atoms with E-state index in [0.717, 1.165) is 4.90 Å². The zero-order chi connectivity index (χ0) is 16.2. The average Bonchev–Trinajstić information content (AvgIpc) is 2.37. The second-order valence-electron chi connectivity index (χ2n) is 4.51. The fourth-order valence-corrected chi connectivity index (χ4v) is 1.93. The van der Waals surface area contributed by atoms with Gasteiger partial charge in [-0.05, 0) is 24.6 Å². The van der Waals surface area contributed by atoms with Crippen LogP contribution in [0.4, 0.5) is 13.2 Å². The van der Waals surface area contributed by atoms with Crippen LogP contribution >= 0.6 is 15.9 Å². The number of alkyl halides is 3. The first-order chi connectivity index (χ1) is 9.60. The predicted molar refractivity (Wildman–Crippen MR) is 74.9 cm³/mol. The van der Waals surface area contributed by atoms with Gasteiger partial charge in [0.15, 0.2) is 0 Å². The SMILES string of the molecule is Cc1ccc(Br)cc1C(=O)N(C)CC(=O)NCC(F)(F)F. The van der Waals surface area contributed by atoms with E-state index < -0.39 is 31.1 Å². The molecular weight excluding hydrogens is 353 g/mol. The van der Waals surface area contributed by atoms with E-state index in [1.807, 2.05) is 0 Å². The van der Waals surface area contributed by atoms with Crippen LogP contribution in [0.25, 0.3) is 0 Å². The molecule has 116 valence electrons. The van der Waals surface area contributed by atoms with E-state index in [9.17, 15) is 22.8 Å². The standard InChI is InChI=1S/C13H14BrF3N2O2/c1-8-3-4-9(14)5-10(8)12(21)19(2)6-11(20)18-7-13(15,16)17/h3-5H,6-7H2,1-2H3,(H,18,20). The van der Waals surface area contributed by atoms with Gasteiger partial charge in [-0.25, -0.2) is 0 Å². The number of aryl methyl sites for hydroxylation is 1. The van der Waals surface area contributed by atoms with Gasteiger partial charge >= 0.3 is 6.18 Å². The van der Waals surface area contributed by atoms with Crippen molar-refractivity contribution < 1.29 is 22.8 Å². The fourth-order valence-electron chi connectivity index (χ4n) is 1.57. The maximum Gasteiger partial charge on any atom is 0.405 e. The van der Waals surface area contributed by atoms with Gasteiger partial charge in [0, 0.05) is 17.1 Å². The molecule has 0 spiro atoms. The third kappa shape index (κ3) is 5.74. The number of nitrogens with one attached hydrogen (secondary N) is 1. The van der Waals surface area contributed by atoms with Crippen LogP contribution in [-0.4, -0.2) is 43.0 Å². The summed E-state index contributed by atoms with van der Waals surface area (Å²) in [6.07, 6.45) is -4.47. The molecule has 0 aliphatic carbocycles. The minimum absolute atomic E-state index is 0.385. The van der Waals surface area contributed by atoms with Gasteiger partial charge in [-0.1, -0.05) is 22.0 Å². The molecule has 0 saturated heterocycles. The Balaban J connectivity index is 2.66. The van der Waals surface area contributed by atoms with E-state index in [-0.39, 0.29) is 0 Å². The van der Waals surface area contributed by atoms with Crippen molar-refractivity contribution in [3.8, 4) is 0 Å². The molecule has 2 amide bonds. The van der Waals surface area contributed by atoms with Crippen molar-refractivity contribution in [1.29, 1.82) is 0 Å². The molecule has 0 aromatic heterocycles. The van der Waals surface area contributed by atoms with Crippen LogP contribution in [0.2, 0.25) is 0 Å². The summed E-state index contributed by atoms with van der Waals surface area (Å²) in [7, 11) is 1.36. The van der Waals surface area contributed by atoms with Crippen molar-refractivity contribution in [3.63, 3.8) is 0 Å². The second-order valence-corrected chi connectivity index (χ2v) is 5.43. The fraction of sp³-hybridized carbons (Fsp3) is 0.385. The van der Waals surface area contributed by atoms with Crippen LogP contribution in [0, 0.1) is 6.92 Å². The molecule has 0 heterocycles. The maximum absolute atomic E-state index is 12.2. The van der Waals surface area contributed by atoms with Crippen LogP contribution in [0.5, 0.6) is 0 Å². The summed E-state index contributed by atoms with van der Waals surface area (Å²) in [6, 6.07) is 5.10. The van der Waals surface area contributed by atoms with E-state index in [0.29, 0.717) is 15.6 Å². The van der Waals surface area contributed by atoms with E-state index in [4.69, 9.17) is 0 Å². The molecule has 8 heteroatoms. The molecule has 0 aliphatic heterocycles. The first-order valence-electron chi connectivity index (χ1n) is 5.95. The number of nitrogens with zero attached hydrogens (tertiary/aromatic N) is 1. The Morgan fingerprint density at radius 3 is 2.52 bits per heavy atom. The number of hydrogen-bond acceptors (Lipinski definition) is 2. The van der Waals surface area contributed by atoms with Crippen LogP contribution in [0.3, 0.4) is 0 Å². The van der Waals surface area contributed by atoms with Gasteiger partial charge in [-0.2, -0.15) is 13.2 Å². The largest absolute Gasteiger partial charge is 0.405 e. The number of carbonyl (C=O) groups is 2. The van der Waals surface area contributed by atoms with Crippen LogP contribution in [0.1, 0.15) is 15.9 Å². The average molecular weight is 367 g/mol. The zero-order valence-corrected chi connectivity index (χ0v) is 13.0. The van der Waals surface area contributed by atoms with Crippen LogP contribution in [-0.2, 0) is 4.79 Å². The summed E-state index contributed by atoms with van der Waals surface area (Å²) >= 11 is 3.24. The van der Waals surface area contributed by atoms with Crippen molar-refractivity contribution in [2.45, 2.75) is 13.1 Å². The molecule has 0 atom stereocenters. The Morgan fingerprint density at radius 1 is 1.33 bits per heavy atom. The first kappa shape index (κ1) is 17.5. The number of rotatable bonds is 4. The monoisotopic (exact) mass is 366 g/mol. The molecule has 1 N–H and O–H groups in total. The number of hydrogen-bond donors (Lipinski definition) is 1. The number of likely N-dealkylation sites (N-methyl/N-ethyl adjacent to an activating group) is 1. The Labute approximate surface area is 128 Å². The highest BCUT2D eigenvalue weighted by atomic mass is 79.9. The van der Waals surface area contributed by atoms with Gasteiger partial charge in [0.2, 0.25) is 5.91 Å². The van der Waals surface area contributed by atoms with E-state index >= 15 is 0 Å². The topological polar surface area (TPSA) is 49.4 Å². The van der Waals surface area contributed by atoms with Crippen LogP contribution in [0.15, 0.2) is 22.7 Å². The van der Waals surface area contributed by atoms with E-state index in [1.165, 1.54) is 7.05 Å². The Bertz CT molecular complexity index is 547. The molecule has 1 aromatic carbocycles. The minimum Gasteiger partial charge on any atom is -0.345 e. The van der Waals surface area contributed by atoms with Crippen molar-refractivity contribution in [2.75, 3.05) is 20.1 Å². The molecule has 0 saturated carbocycles. The van der Waals surface area contributed by atoms with Gasteiger partial charge in [0.1, 0.15) is 6.54 Å². The summed E-state index contributed by atoms with van der Waals surface area (Å²) in [5.74, 6) is -1.30. The summed E-state index contributed by atoms with van der Waals surface area (Å²) in [5, 5.41) is 1.72. The van der Waals surface area contributed by atoms with Crippen molar-refractivity contribution in [2.24, 2.45) is 0 Å². The molecule has 4 nitrogen and oxygen atoms in total. The van der Waals surface area contributed by atoms with Gasteiger partial charge in [0.25, 0.3) is 5.91 Å². The molecule has 0 radical (unpaired) electrons. The van der Waals surface area contributed by atoms with Gasteiger partial charge in [0.05, 0.1) is 6.54 Å². The van der Waals surface area contributed by atoms with Gasteiger partial charge < -0.3 is 10.2 Å². The molecular formula is C13H14BrF3N2O2. The third-order valence-electron chi connectivity index (χ3n) is 2.64. The Morgan fingerprint density at radius 2 is 1.95 bits per heavy atom. The molecule has 0 fully saturated rings. The van der Waals surface area contributed by atoms with E-state index in [2.05, 4.69) is 15.9 Å². The molecule has 0 aliphatic rings. The summed E-state index contributed by atoms with van der Waals surface area (Å²) in [6.45, 7) is -0.123. The predicted octanol–water partition coefficient (Wildman–Crippen LogP) is 2.51. The maximum atomic E-state index is 12.2. The zero-order valence-electron chi connectivity index (χ0n) is 11.4. The molecule has 1 aromatic rings. The number of carbonyl (C=O) groups excluding carboxylic acids is 2. The quantitative estimate of drug-likeness (QED) is 0.889. The van der Waals surface area contributed by atoms with Crippen molar-refractivity contribution in [3.05, 3.63) is 33.8 Å². The second kappa shape index (κ2) is 6.93. The van der Waals surface area contributed by atoms with E-state index in [1.54, 1.807) is 30.4 Å². The Kier molecular flexibility index (Phi) is 5.77. The number of benzene rings is 1. The summed E-state index contributed by atoms with van der Waals surface area (Å²) in [4.78, 5) is 24.6. The number of amides is 2. The first-order valence-corrected chi connectivity index (χ1v) is 6.74. The highest BCUT2D eigenvalue weighted by molar-refractivity contribution is 9.10. The lowest BCUT2D eigenvalue weighted by atomic mass is 10.1. The van der Waals surface area contributed by atoms with Crippen LogP contribution < -0.4 is 5.32 Å². The van der Waals surface area contributed by atoms with Gasteiger partial charge in [-0.3, -0.25) is 9.59 Å². The highest BCUT2D eigenvalue weighted by Gasteiger charge is 2.28. The normalized spacial score (nSPS) is 11.1. The lowest BCUT2D eigenvalue weighted by molar-refractivity contribution is -0.138. The number of halogens is 4. The lowest BCUT2D eigenvalue weighted by Crippen LogP contribution is -2.41. The molecule has 21 heavy (non-hydrogen) atoms. The Hall–Kier alpha value is -1.57. The summed E-state index contributed by atoms with van der Waals surface area (Å²) in [5.41, 5.74) is 1.10. The highest BCUT2D eigenvalue weighted by Crippen LogP contribution is 2.17. The summed E-state index contributed by atoms with van der Waals surface area (Å²) < 4.78 is 36.6. The van der Waals surface area contributed by atoms with Gasteiger partial charge in [-0.15, -0.1) is 0 Å². The third-order valence-corrected chi connectivity index (χ3v) is 3.14. The smallest absolute Gasteiger partial charge is 0.345 e. The van der Waals surface area contributed by atoms with Crippen molar-refractivity contribution >= 4 is 27.7 Å². The van der Waals surface area contributed by atoms with Crippen molar-refractivity contribution in [1.82, 2.24) is 10.2 Å². The molecule has 0 unspecified atom stereocenters. The lowest BCUT2D eigenvalue weighted by Gasteiger charge is -2.18. The minimum atomic E-state index is -4.47.